The van der Waals surface area contributed by atoms with Gasteiger partial charge in [0.2, 0.25) is 15.9 Å². The monoisotopic (exact) mass is 368 g/mol. The first-order valence-electron chi connectivity index (χ1n) is 8.23. The van der Waals surface area contributed by atoms with Gasteiger partial charge < -0.3 is 10.0 Å². The van der Waals surface area contributed by atoms with E-state index in [1.807, 2.05) is 6.92 Å². The highest BCUT2D eigenvalue weighted by Gasteiger charge is 2.33. The topological polar surface area (TPSA) is 104 Å². The molecule has 1 aromatic rings. The third-order valence-corrected chi connectivity index (χ3v) is 6.13. The molecular formula is C17H24N2O5S. The quantitative estimate of drug-likeness (QED) is 0.789. The zero-order valence-electron chi connectivity index (χ0n) is 14.7. The maximum atomic E-state index is 12.5. The number of carboxylic acid groups (broad SMARTS) is 1. The van der Waals surface area contributed by atoms with Crippen molar-refractivity contribution in [3.8, 4) is 0 Å². The molecule has 0 aromatic heterocycles. The summed E-state index contributed by atoms with van der Waals surface area (Å²) >= 11 is 0. The number of carbonyl (C=O) groups is 2. The summed E-state index contributed by atoms with van der Waals surface area (Å²) in [6.07, 6.45) is 1.03. The molecule has 1 saturated heterocycles. The Labute approximate surface area is 148 Å². The lowest BCUT2D eigenvalue weighted by Gasteiger charge is -2.21. The number of likely N-dealkylation sites (tertiary alicyclic amines) is 1. The van der Waals surface area contributed by atoms with Crippen molar-refractivity contribution in [2.45, 2.75) is 51.0 Å². The summed E-state index contributed by atoms with van der Waals surface area (Å²) in [5.41, 5.74) is 2.29. The van der Waals surface area contributed by atoms with Crippen LogP contribution in [-0.4, -0.2) is 49.4 Å². The van der Waals surface area contributed by atoms with Crippen LogP contribution in [0.15, 0.2) is 17.0 Å². The zero-order valence-corrected chi connectivity index (χ0v) is 15.5. The molecule has 1 aliphatic rings. The standard InChI is InChI=1S/C17H24N2O5S/c1-11-9-12(2)16(13(3)10-11)25(23,24)18-7-6-15(20)19-8-4-5-14(19)17(21)22/h9-10,14,18H,4-8H2,1-3H3,(H,21,22)/t14-/m1/s1. The van der Waals surface area contributed by atoms with Crippen molar-refractivity contribution in [2.24, 2.45) is 0 Å². The number of rotatable bonds is 6. The molecule has 25 heavy (non-hydrogen) atoms. The third-order valence-electron chi connectivity index (χ3n) is 4.36. The van der Waals surface area contributed by atoms with Crippen LogP contribution in [0.25, 0.3) is 0 Å². The highest BCUT2D eigenvalue weighted by Crippen LogP contribution is 2.22. The highest BCUT2D eigenvalue weighted by molar-refractivity contribution is 7.89. The summed E-state index contributed by atoms with van der Waals surface area (Å²) in [6.45, 7) is 5.72. The fourth-order valence-electron chi connectivity index (χ4n) is 3.42. The van der Waals surface area contributed by atoms with Gasteiger partial charge >= 0.3 is 5.97 Å². The molecule has 2 rings (SSSR count). The summed E-state index contributed by atoms with van der Waals surface area (Å²) in [7, 11) is -3.72. The molecule has 0 saturated carbocycles. The van der Waals surface area contributed by atoms with E-state index in [1.165, 1.54) is 4.90 Å². The van der Waals surface area contributed by atoms with E-state index in [1.54, 1.807) is 26.0 Å². The van der Waals surface area contributed by atoms with Crippen LogP contribution in [0.4, 0.5) is 0 Å². The smallest absolute Gasteiger partial charge is 0.326 e. The van der Waals surface area contributed by atoms with Crippen molar-refractivity contribution < 1.29 is 23.1 Å². The molecule has 138 valence electrons. The molecular weight excluding hydrogens is 344 g/mol. The van der Waals surface area contributed by atoms with Gasteiger partial charge in [-0.3, -0.25) is 4.79 Å². The molecule has 1 amide bonds. The number of nitrogens with one attached hydrogen (secondary N) is 1. The molecule has 0 unspecified atom stereocenters. The van der Waals surface area contributed by atoms with Crippen molar-refractivity contribution in [3.05, 3.63) is 28.8 Å². The molecule has 8 heteroatoms. The molecule has 0 bridgehead atoms. The zero-order chi connectivity index (χ0) is 18.8. The number of benzene rings is 1. The molecule has 0 radical (unpaired) electrons. The van der Waals surface area contributed by atoms with E-state index in [0.29, 0.717) is 30.5 Å². The predicted octanol–water partition coefficient (Wildman–Crippen LogP) is 1.36. The number of carboxylic acids is 1. The molecule has 1 aliphatic heterocycles. The van der Waals surface area contributed by atoms with Crippen LogP contribution in [0.5, 0.6) is 0 Å². The Bertz CT molecular complexity index is 765. The fraction of sp³-hybridized carbons (Fsp3) is 0.529. The first-order valence-corrected chi connectivity index (χ1v) is 9.71. The number of sulfonamides is 1. The van der Waals surface area contributed by atoms with Crippen LogP contribution in [-0.2, 0) is 19.6 Å². The van der Waals surface area contributed by atoms with Gasteiger partial charge in [0.25, 0.3) is 0 Å². The number of hydrogen-bond acceptors (Lipinski definition) is 4. The molecule has 0 aliphatic carbocycles. The van der Waals surface area contributed by atoms with E-state index < -0.39 is 22.0 Å². The van der Waals surface area contributed by atoms with Crippen molar-refractivity contribution in [2.75, 3.05) is 13.1 Å². The van der Waals surface area contributed by atoms with Crippen molar-refractivity contribution >= 4 is 21.9 Å². The first kappa shape index (κ1) is 19.4. The minimum Gasteiger partial charge on any atom is -0.480 e. The van der Waals surface area contributed by atoms with E-state index in [2.05, 4.69) is 4.72 Å². The van der Waals surface area contributed by atoms with Gasteiger partial charge in [-0.05, 0) is 44.7 Å². The molecule has 1 atom stereocenters. The summed E-state index contributed by atoms with van der Waals surface area (Å²) in [5.74, 6) is -1.36. The lowest BCUT2D eigenvalue weighted by molar-refractivity contribution is -0.148. The van der Waals surface area contributed by atoms with Gasteiger partial charge in [-0.15, -0.1) is 0 Å². The maximum absolute atomic E-state index is 12.5. The Kier molecular flexibility index (Phi) is 5.84. The first-order chi connectivity index (χ1) is 11.6. The Morgan fingerprint density at radius 3 is 2.40 bits per heavy atom. The van der Waals surface area contributed by atoms with E-state index >= 15 is 0 Å². The maximum Gasteiger partial charge on any atom is 0.326 e. The number of hydrogen-bond donors (Lipinski definition) is 2. The van der Waals surface area contributed by atoms with Crippen LogP contribution < -0.4 is 4.72 Å². The number of carbonyl (C=O) groups excluding carboxylic acids is 1. The van der Waals surface area contributed by atoms with Gasteiger partial charge in [0.15, 0.2) is 0 Å². The van der Waals surface area contributed by atoms with Crippen LogP contribution in [0.3, 0.4) is 0 Å². The Morgan fingerprint density at radius 1 is 1.24 bits per heavy atom. The Morgan fingerprint density at radius 2 is 1.84 bits per heavy atom. The van der Waals surface area contributed by atoms with E-state index in [9.17, 15) is 18.0 Å². The summed E-state index contributed by atoms with van der Waals surface area (Å²) < 4.78 is 27.5. The van der Waals surface area contributed by atoms with Gasteiger partial charge in [-0.25, -0.2) is 17.9 Å². The van der Waals surface area contributed by atoms with Crippen LogP contribution in [0.2, 0.25) is 0 Å². The van der Waals surface area contributed by atoms with Gasteiger partial charge in [0, 0.05) is 19.5 Å². The minimum atomic E-state index is -3.72. The predicted molar refractivity (Wildman–Crippen MR) is 92.8 cm³/mol. The van der Waals surface area contributed by atoms with Crippen LogP contribution in [0.1, 0.15) is 36.0 Å². The second-order valence-electron chi connectivity index (χ2n) is 6.46. The molecule has 1 heterocycles. The van der Waals surface area contributed by atoms with Gasteiger partial charge in [0.05, 0.1) is 4.90 Å². The SMILES string of the molecule is Cc1cc(C)c(S(=O)(=O)NCCC(=O)N2CCC[C@@H]2C(=O)O)c(C)c1. The molecule has 7 nitrogen and oxygen atoms in total. The van der Waals surface area contributed by atoms with Gasteiger partial charge in [0.1, 0.15) is 6.04 Å². The normalized spacial score (nSPS) is 17.7. The van der Waals surface area contributed by atoms with Crippen molar-refractivity contribution in [1.82, 2.24) is 9.62 Å². The van der Waals surface area contributed by atoms with Crippen LogP contribution >= 0.6 is 0 Å². The summed E-state index contributed by atoms with van der Waals surface area (Å²) in [5, 5.41) is 9.11. The fourth-order valence-corrected chi connectivity index (χ4v) is 4.90. The van der Waals surface area contributed by atoms with Gasteiger partial charge in [-0.2, -0.15) is 0 Å². The van der Waals surface area contributed by atoms with Crippen LogP contribution in [0, 0.1) is 20.8 Å². The lowest BCUT2D eigenvalue weighted by Crippen LogP contribution is -2.41. The summed E-state index contributed by atoms with van der Waals surface area (Å²) in [4.78, 5) is 24.9. The van der Waals surface area contributed by atoms with E-state index in [4.69, 9.17) is 5.11 Å². The number of nitrogens with zero attached hydrogens (tertiary/aromatic N) is 1. The van der Waals surface area contributed by atoms with Gasteiger partial charge in [-0.1, -0.05) is 17.7 Å². The largest absolute Gasteiger partial charge is 0.480 e. The van der Waals surface area contributed by atoms with E-state index in [-0.39, 0.29) is 23.8 Å². The second kappa shape index (κ2) is 7.53. The third kappa shape index (κ3) is 4.38. The minimum absolute atomic E-state index is 0.0588. The second-order valence-corrected chi connectivity index (χ2v) is 8.16. The van der Waals surface area contributed by atoms with E-state index in [0.717, 1.165) is 5.56 Å². The highest BCUT2D eigenvalue weighted by atomic mass is 32.2. The van der Waals surface area contributed by atoms with Crippen molar-refractivity contribution in [1.29, 1.82) is 0 Å². The average molecular weight is 368 g/mol. The Hall–Kier alpha value is -1.93. The molecule has 0 spiro atoms. The lowest BCUT2D eigenvalue weighted by atomic mass is 10.1. The molecule has 2 N–H and O–H groups in total. The Balaban J connectivity index is 2.01. The summed E-state index contributed by atoms with van der Waals surface area (Å²) in [6, 6.07) is 2.80. The number of aryl methyl sites for hydroxylation is 3. The average Bonchev–Trinajstić information content (AvgIpc) is 2.94. The molecule has 1 fully saturated rings. The number of amides is 1. The molecule has 1 aromatic carbocycles. The number of aliphatic carboxylic acids is 1. The van der Waals surface area contributed by atoms with Crippen molar-refractivity contribution in [3.63, 3.8) is 0 Å².